The van der Waals surface area contributed by atoms with Gasteiger partial charge in [0.1, 0.15) is 0 Å². The normalized spacial score (nSPS) is 32.3. The van der Waals surface area contributed by atoms with E-state index in [2.05, 4.69) is 36.5 Å². The van der Waals surface area contributed by atoms with E-state index in [1.165, 1.54) is 5.56 Å². The number of nitrogens with one attached hydrogen (secondary N) is 1. The summed E-state index contributed by atoms with van der Waals surface area (Å²) < 4.78 is 5.90. The van der Waals surface area contributed by atoms with Crippen molar-refractivity contribution in [1.82, 2.24) is 5.32 Å². The Hall–Kier alpha value is -1.35. The van der Waals surface area contributed by atoms with Crippen LogP contribution in [0.2, 0.25) is 0 Å². The average molecular weight is 287 g/mol. The molecular formula is C18H25NO2. The van der Waals surface area contributed by atoms with E-state index in [-0.39, 0.29) is 17.4 Å². The molecule has 0 saturated carbocycles. The topological polar surface area (TPSA) is 38.3 Å². The van der Waals surface area contributed by atoms with E-state index >= 15 is 0 Å². The third-order valence-electron chi connectivity index (χ3n) is 5.07. The largest absolute Gasteiger partial charge is 0.378 e. The van der Waals surface area contributed by atoms with Crippen molar-refractivity contribution in [2.75, 3.05) is 6.61 Å². The van der Waals surface area contributed by atoms with Crippen molar-refractivity contribution in [3.63, 3.8) is 0 Å². The highest BCUT2D eigenvalue weighted by atomic mass is 16.5. The number of carbonyl (C=O) groups excluding carboxylic acids is 1. The molecule has 114 valence electrons. The molecule has 2 fully saturated rings. The first kappa shape index (κ1) is 14.6. The summed E-state index contributed by atoms with van der Waals surface area (Å²) in [4.78, 5) is 12.0. The summed E-state index contributed by atoms with van der Waals surface area (Å²) >= 11 is 0. The molecule has 1 aromatic carbocycles. The lowest BCUT2D eigenvalue weighted by molar-refractivity contribution is -0.120. The molecule has 1 aromatic rings. The van der Waals surface area contributed by atoms with E-state index in [0.717, 1.165) is 38.7 Å². The van der Waals surface area contributed by atoms with Crippen LogP contribution in [0.1, 0.15) is 44.6 Å². The van der Waals surface area contributed by atoms with Gasteiger partial charge >= 0.3 is 0 Å². The SMILES string of the molecule is CCCC1CC2(CCO1)CC(=O)NC2Cc1ccccc1. The molecular weight excluding hydrogens is 262 g/mol. The zero-order chi connectivity index (χ0) is 14.7. The fourth-order valence-corrected chi connectivity index (χ4v) is 3.99. The van der Waals surface area contributed by atoms with Gasteiger partial charge in [0, 0.05) is 24.5 Å². The molecule has 3 nitrogen and oxygen atoms in total. The molecule has 0 aliphatic carbocycles. The molecule has 0 bridgehead atoms. The van der Waals surface area contributed by atoms with E-state index < -0.39 is 0 Å². The Morgan fingerprint density at radius 2 is 2.14 bits per heavy atom. The van der Waals surface area contributed by atoms with E-state index in [1.807, 2.05) is 6.07 Å². The van der Waals surface area contributed by atoms with Gasteiger partial charge in [0.25, 0.3) is 0 Å². The quantitative estimate of drug-likeness (QED) is 0.924. The van der Waals surface area contributed by atoms with Crippen LogP contribution in [0.25, 0.3) is 0 Å². The van der Waals surface area contributed by atoms with Crippen LogP contribution >= 0.6 is 0 Å². The maximum absolute atomic E-state index is 12.0. The van der Waals surface area contributed by atoms with Crippen molar-refractivity contribution >= 4 is 5.91 Å². The van der Waals surface area contributed by atoms with Gasteiger partial charge < -0.3 is 10.1 Å². The third-order valence-corrected chi connectivity index (χ3v) is 5.07. The van der Waals surface area contributed by atoms with Gasteiger partial charge in [0.15, 0.2) is 0 Å². The van der Waals surface area contributed by atoms with Crippen molar-refractivity contribution in [2.24, 2.45) is 5.41 Å². The molecule has 2 aliphatic heterocycles. The van der Waals surface area contributed by atoms with Crippen molar-refractivity contribution in [2.45, 2.75) is 57.6 Å². The highest BCUT2D eigenvalue weighted by Crippen LogP contribution is 2.45. The highest BCUT2D eigenvalue weighted by Gasteiger charge is 2.49. The first-order valence-electron chi connectivity index (χ1n) is 8.17. The van der Waals surface area contributed by atoms with Gasteiger partial charge in [-0.1, -0.05) is 43.7 Å². The number of amides is 1. The summed E-state index contributed by atoms with van der Waals surface area (Å²) in [6.45, 7) is 3.00. The van der Waals surface area contributed by atoms with E-state index in [9.17, 15) is 4.79 Å². The lowest BCUT2D eigenvalue weighted by Crippen LogP contribution is -2.45. The Bertz CT molecular complexity index is 485. The zero-order valence-corrected chi connectivity index (χ0v) is 12.8. The third kappa shape index (κ3) is 3.13. The Morgan fingerprint density at radius 1 is 1.33 bits per heavy atom. The number of carbonyl (C=O) groups is 1. The second-order valence-electron chi connectivity index (χ2n) is 6.58. The van der Waals surface area contributed by atoms with Crippen LogP contribution in [-0.2, 0) is 16.0 Å². The number of benzene rings is 1. The molecule has 3 rings (SSSR count). The first-order chi connectivity index (χ1) is 10.2. The molecule has 1 amide bonds. The number of hydrogen-bond donors (Lipinski definition) is 1. The van der Waals surface area contributed by atoms with Gasteiger partial charge in [-0.25, -0.2) is 0 Å². The molecule has 2 aliphatic rings. The van der Waals surface area contributed by atoms with Crippen LogP contribution in [0.4, 0.5) is 0 Å². The Morgan fingerprint density at radius 3 is 2.90 bits per heavy atom. The van der Waals surface area contributed by atoms with Crippen LogP contribution in [-0.4, -0.2) is 24.7 Å². The van der Waals surface area contributed by atoms with E-state index in [4.69, 9.17) is 4.74 Å². The van der Waals surface area contributed by atoms with Crippen molar-refractivity contribution in [3.05, 3.63) is 35.9 Å². The molecule has 21 heavy (non-hydrogen) atoms. The van der Waals surface area contributed by atoms with E-state index in [1.54, 1.807) is 0 Å². The van der Waals surface area contributed by atoms with Crippen LogP contribution in [0.5, 0.6) is 0 Å². The predicted molar refractivity (Wildman–Crippen MR) is 83.0 cm³/mol. The predicted octanol–water partition coefficient (Wildman–Crippen LogP) is 3.08. The summed E-state index contributed by atoms with van der Waals surface area (Å²) in [5, 5.41) is 3.23. The molecule has 1 spiro atoms. The minimum Gasteiger partial charge on any atom is -0.378 e. The molecule has 2 heterocycles. The molecule has 0 radical (unpaired) electrons. The first-order valence-corrected chi connectivity index (χ1v) is 8.17. The number of rotatable bonds is 4. The monoisotopic (exact) mass is 287 g/mol. The van der Waals surface area contributed by atoms with Gasteiger partial charge in [-0.05, 0) is 31.2 Å². The highest BCUT2D eigenvalue weighted by molar-refractivity contribution is 5.80. The average Bonchev–Trinajstić information content (AvgIpc) is 2.76. The van der Waals surface area contributed by atoms with Gasteiger partial charge in [0.05, 0.1) is 6.10 Å². The van der Waals surface area contributed by atoms with Crippen molar-refractivity contribution in [1.29, 1.82) is 0 Å². The second kappa shape index (κ2) is 6.18. The molecule has 3 heteroatoms. The molecule has 3 atom stereocenters. The second-order valence-corrected chi connectivity index (χ2v) is 6.58. The Balaban J connectivity index is 1.76. The Kier molecular flexibility index (Phi) is 4.29. The van der Waals surface area contributed by atoms with E-state index in [0.29, 0.717) is 12.5 Å². The van der Waals surface area contributed by atoms with Gasteiger partial charge in [0.2, 0.25) is 5.91 Å². The lowest BCUT2D eigenvalue weighted by Gasteiger charge is -2.41. The van der Waals surface area contributed by atoms with Crippen molar-refractivity contribution in [3.8, 4) is 0 Å². The smallest absolute Gasteiger partial charge is 0.220 e. The molecule has 2 saturated heterocycles. The summed E-state index contributed by atoms with van der Waals surface area (Å²) in [5.74, 6) is 0.216. The lowest BCUT2D eigenvalue weighted by atomic mass is 9.70. The number of ether oxygens (including phenoxy) is 1. The van der Waals surface area contributed by atoms with Crippen LogP contribution in [0.15, 0.2) is 30.3 Å². The fraction of sp³-hybridized carbons (Fsp3) is 0.611. The van der Waals surface area contributed by atoms with Crippen LogP contribution in [0.3, 0.4) is 0 Å². The molecule has 3 unspecified atom stereocenters. The minimum absolute atomic E-state index is 0.102. The standard InChI is InChI=1S/C18H25NO2/c1-2-6-15-12-18(9-10-21-15)13-17(20)19-16(18)11-14-7-4-3-5-8-14/h3-5,7-8,15-16H,2,6,9-13H2,1H3,(H,19,20). The molecule has 0 aromatic heterocycles. The van der Waals surface area contributed by atoms with Gasteiger partial charge in [-0.2, -0.15) is 0 Å². The minimum atomic E-state index is 0.102. The Labute approximate surface area is 127 Å². The summed E-state index contributed by atoms with van der Waals surface area (Å²) in [7, 11) is 0. The zero-order valence-electron chi connectivity index (χ0n) is 12.8. The fourth-order valence-electron chi connectivity index (χ4n) is 3.99. The maximum atomic E-state index is 12.0. The number of hydrogen-bond acceptors (Lipinski definition) is 2. The maximum Gasteiger partial charge on any atom is 0.220 e. The summed E-state index contributed by atoms with van der Waals surface area (Å²) in [5.41, 5.74) is 1.41. The van der Waals surface area contributed by atoms with Gasteiger partial charge in [-0.3, -0.25) is 4.79 Å². The molecule has 1 N–H and O–H groups in total. The van der Waals surface area contributed by atoms with Crippen LogP contribution < -0.4 is 5.32 Å². The van der Waals surface area contributed by atoms with Crippen LogP contribution in [0, 0.1) is 5.41 Å². The van der Waals surface area contributed by atoms with Crippen molar-refractivity contribution < 1.29 is 9.53 Å². The summed E-state index contributed by atoms with van der Waals surface area (Å²) in [6.07, 6.45) is 6.22. The van der Waals surface area contributed by atoms with Gasteiger partial charge in [-0.15, -0.1) is 0 Å². The summed E-state index contributed by atoms with van der Waals surface area (Å²) in [6, 6.07) is 10.8.